The van der Waals surface area contributed by atoms with Crippen molar-refractivity contribution in [3.05, 3.63) is 23.3 Å². The van der Waals surface area contributed by atoms with Crippen LogP contribution in [0.25, 0.3) is 0 Å². The molecule has 0 saturated carbocycles. The van der Waals surface area contributed by atoms with Crippen molar-refractivity contribution in [3.63, 3.8) is 0 Å². The second-order valence-corrected chi connectivity index (χ2v) is 3.85. The number of benzene rings is 1. The maximum absolute atomic E-state index is 11.8. The molecule has 1 unspecified atom stereocenters. The number of aryl methyl sites for hydroxylation is 1. The second kappa shape index (κ2) is 4.14. The predicted molar refractivity (Wildman–Crippen MR) is 62.8 cm³/mol. The van der Waals surface area contributed by atoms with Crippen LogP contribution in [0.15, 0.2) is 12.1 Å². The van der Waals surface area contributed by atoms with Crippen LogP contribution in [0.5, 0.6) is 5.75 Å². The van der Waals surface area contributed by atoms with Crippen LogP contribution in [0.3, 0.4) is 0 Å². The van der Waals surface area contributed by atoms with Gasteiger partial charge < -0.3 is 15.4 Å². The molecule has 2 N–H and O–H groups in total. The zero-order chi connectivity index (χ0) is 11.7. The summed E-state index contributed by atoms with van der Waals surface area (Å²) < 4.78 is 5.24. The highest BCUT2D eigenvalue weighted by atomic mass is 16.5. The van der Waals surface area contributed by atoms with Gasteiger partial charge in [-0.05, 0) is 25.1 Å². The molecule has 1 aliphatic rings. The number of carbonyl (C=O) groups is 1. The Bertz CT molecular complexity index is 429. The summed E-state index contributed by atoms with van der Waals surface area (Å²) in [6, 6.07) is 3.60. The largest absolute Gasteiger partial charge is 0.495 e. The van der Waals surface area contributed by atoms with Crippen LogP contribution in [-0.2, 0) is 4.79 Å². The maximum atomic E-state index is 11.8. The molecule has 1 aromatic rings. The van der Waals surface area contributed by atoms with E-state index in [0.717, 1.165) is 23.4 Å². The van der Waals surface area contributed by atoms with E-state index in [-0.39, 0.29) is 11.9 Å². The summed E-state index contributed by atoms with van der Waals surface area (Å²) >= 11 is 0. The Balaban J connectivity index is 2.51. The number of likely N-dealkylation sites (N-methyl/N-ethyl adjacent to an activating group) is 1. The maximum Gasteiger partial charge on any atom is 0.246 e. The Morgan fingerprint density at radius 2 is 2.25 bits per heavy atom. The van der Waals surface area contributed by atoms with Crippen molar-refractivity contribution in [1.29, 1.82) is 0 Å². The fourth-order valence-electron chi connectivity index (χ4n) is 2.10. The van der Waals surface area contributed by atoms with Gasteiger partial charge in [0.05, 0.1) is 12.8 Å². The van der Waals surface area contributed by atoms with Gasteiger partial charge in [0.2, 0.25) is 5.91 Å². The van der Waals surface area contributed by atoms with Crippen molar-refractivity contribution < 1.29 is 9.53 Å². The molecule has 0 radical (unpaired) electrons. The summed E-state index contributed by atoms with van der Waals surface area (Å²) in [5.74, 6) is 0.707. The van der Waals surface area contributed by atoms with Gasteiger partial charge in [-0.2, -0.15) is 0 Å². The molecule has 1 atom stereocenters. The molecule has 0 aromatic heterocycles. The van der Waals surface area contributed by atoms with Crippen LogP contribution in [0.4, 0.5) is 5.69 Å². The molecule has 0 fully saturated rings. The van der Waals surface area contributed by atoms with E-state index in [9.17, 15) is 4.79 Å². The van der Waals surface area contributed by atoms with E-state index in [1.54, 1.807) is 7.11 Å². The Kier molecular flexibility index (Phi) is 2.83. The van der Waals surface area contributed by atoms with E-state index < -0.39 is 0 Å². The average molecular weight is 220 g/mol. The van der Waals surface area contributed by atoms with Crippen LogP contribution in [-0.4, -0.2) is 19.6 Å². The fourth-order valence-corrected chi connectivity index (χ4v) is 2.10. The Morgan fingerprint density at radius 3 is 2.88 bits per heavy atom. The third-order valence-corrected chi connectivity index (χ3v) is 2.85. The van der Waals surface area contributed by atoms with Crippen molar-refractivity contribution in [3.8, 4) is 5.75 Å². The van der Waals surface area contributed by atoms with Gasteiger partial charge in [0, 0.05) is 5.56 Å². The number of ether oxygens (including phenoxy) is 1. The molecule has 1 amide bonds. The van der Waals surface area contributed by atoms with Crippen LogP contribution in [0.2, 0.25) is 0 Å². The average Bonchev–Trinajstić information content (AvgIpc) is 2.58. The van der Waals surface area contributed by atoms with Gasteiger partial charge in [0.25, 0.3) is 0 Å². The van der Waals surface area contributed by atoms with Gasteiger partial charge in [-0.3, -0.25) is 4.79 Å². The summed E-state index contributed by atoms with van der Waals surface area (Å²) in [7, 11) is 1.61. The predicted octanol–water partition coefficient (Wildman–Crippen LogP) is 1.61. The molecule has 4 heteroatoms. The number of rotatable bonds is 3. The molecule has 16 heavy (non-hydrogen) atoms. The number of carbonyl (C=O) groups excluding carboxylic acids is 1. The van der Waals surface area contributed by atoms with E-state index >= 15 is 0 Å². The standard InChI is InChI=1S/C12H16N2O2/c1-4-13-11-9-7(2)5-6-8(16-3)10(9)14-12(11)15/h5-6,11,13H,4H2,1-3H3,(H,14,15). The summed E-state index contributed by atoms with van der Waals surface area (Å²) in [5, 5.41) is 6.04. The molecule has 1 heterocycles. The van der Waals surface area contributed by atoms with Gasteiger partial charge in [0.1, 0.15) is 11.8 Å². The molecule has 0 saturated heterocycles. The minimum absolute atomic E-state index is 0.00977. The minimum Gasteiger partial charge on any atom is -0.495 e. The Labute approximate surface area is 95.0 Å². The van der Waals surface area contributed by atoms with Crippen molar-refractivity contribution in [2.24, 2.45) is 0 Å². The lowest BCUT2D eigenvalue weighted by molar-refractivity contribution is -0.117. The van der Waals surface area contributed by atoms with E-state index in [1.807, 2.05) is 26.0 Å². The first-order valence-corrected chi connectivity index (χ1v) is 5.40. The number of fused-ring (bicyclic) bond motifs is 1. The highest BCUT2D eigenvalue weighted by Gasteiger charge is 2.33. The normalized spacial score (nSPS) is 18.2. The molecular weight excluding hydrogens is 204 g/mol. The smallest absolute Gasteiger partial charge is 0.246 e. The first-order chi connectivity index (χ1) is 7.69. The third-order valence-electron chi connectivity index (χ3n) is 2.85. The first-order valence-electron chi connectivity index (χ1n) is 5.40. The van der Waals surface area contributed by atoms with Gasteiger partial charge >= 0.3 is 0 Å². The summed E-state index contributed by atoms with van der Waals surface area (Å²) in [6.45, 7) is 4.75. The lowest BCUT2D eigenvalue weighted by atomic mass is 10.0. The quantitative estimate of drug-likeness (QED) is 0.813. The zero-order valence-corrected chi connectivity index (χ0v) is 9.76. The molecular formula is C12H16N2O2. The van der Waals surface area contributed by atoms with E-state index in [4.69, 9.17) is 4.74 Å². The van der Waals surface area contributed by atoms with Gasteiger partial charge in [-0.1, -0.05) is 13.0 Å². The van der Waals surface area contributed by atoms with E-state index in [0.29, 0.717) is 5.75 Å². The van der Waals surface area contributed by atoms with E-state index in [1.165, 1.54) is 0 Å². The molecule has 4 nitrogen and oxygen atoms in total. The summed E-state index contributed by atoms with van der Waals surface area (Å²) in [6.07, 6.45) is 0. The van der Waals surface area contributed by atoms with Crippen LogP contribution >= 0.6 is 0 Å². The number of methoxy groups -OCH3 is 1. The number of anilines is 1. The Morgan fingerprint density at radius 1 is 1.50 bits per heavy atom. The number of nitrogens with one attached hydrogen (secondary N) is 2. The number of hydrogen-bond donors (Lipinski definition) is 2. The van der Waals surface area contributed by atoms with Crippen molar-refractivity contribution in [2.75, 3.05) is 19.0 Å². The highest BCUT2D eigenvalue weighted by molar-refractivity contribution is 6.04. The van der Waals surface area contributed by atoms with Gasteiger partial charge in [0.15, 0.2) is 0 Å². The lowest BCUT2D eigenvalue weighted by Crippen LogP contribution is -2.27. The van der Waals surface area contributed by atoms with Crippen molar-refractivity contribution in [2.45, 2.75) is 19.9 Å². The second-order valence-electron chi connectivity index (χ2n) is 3.85. The third kappa shape index (κ3) is 1.55. The molecule has 1 aromatic carbocycles. The number of hydrogen-bond acceptors (Lipinski definition) is 3. The highest BCUT2D eigenvalue weighted by Crippen LogP contribution is 2.40. The van der Waals surface area contributed by atoms with Crippen molar-refractivity contribution >= 4 is 11.6 Å². The molecule has 1 aliphatic heterocycles. The van der Waals surface area contributed by atoms with Gasteiger partial charge in [-0.15, -0.1) is 0 Å². The topological polar surface area (TPSA) is 50.4 Å². The molecule has 0 aliphatic carbocycles. The number of amides is 1. The van der Waals surface area contributed by atoms with E-state index in [2.05, 4.69) is 10.6 Å². The minimum atomic E-state index is -0.255. The van der Waals surface area contributed by atoms with Gasteiger partial charge in [-0.25, -0.2) is 0 Å². The molecule has 0 spiro atoms. The summed E-state index contributed by atoms with van der Waals surface area (Å²) in [5.41, 5.74) is 2.91. The Hall–Kier alpha value is -1.55. The molecule has 0 bridgehead atoms. The SMILES string of the molecule is CCNC1C(=O)Nc2c(OC)ccc(C)c21. The zero-order valence-electron chi connectivity index (χ0n) is 9.76. The lowest BCUT2D eigenvalue weighted by Gasteiger charge is -2.13. The fraction of sp³-hybridized carbons (Fsp3) is 0.417. The van der Waals surface area contributed by atoms with Crippen LogP contribution in [0, 0.1) is 6.92 Å². The monoisotopic (exact) mass is 220 g/mol. The molecule has 86 valence electrons. The first kappa shape index (κ1) is 11.0. The van der Waals surface area contributed by atoms with Crippen molar-refractivity contribution in [1.82, 2.24) is 5.32 Å². The molecule has 2 rings (SSSR count). The summed E-state index contributed by atoms with van der Waals surface area (Å²) in [4.78, 5) is 11.8. The van der Waals surface area contributed by atoms with Crippen LogP contribution < -0.4 is 15.4 Å². The van der Waals surface area contributed by atoms with Crippen LogP contribution in [0.1, 0.15) is 24.1 Å².